The number of halogens is 6. The molecule has 0 unspecified atom stereocenters. The Balaban J connectivity index is 3.09. The number of benzene rings is 1. The predicted octanol–water partition coefficient (Wildman–Crippen LogP) is 4.96. The molecule has 1 rings (SSSR count). The second kappa shape index (κ2) is 4.40. The average molecular weight is 354 g/mol. The maximum Gasteiger partial charge on any atom is 0.446 e. The normalized spacial score (nSPS) is 11.9. The van der Waals surface area contributed by atoms with E-state index in [1.54, 1.807) is 0 Å². The van der Waals surface area contributed by atoms with E-state index in [0.717, 1.165) is 6.07 Å². The van der Waals surface area contributed by atoms with Gasteiger partial charge in [0.25, 0.3) is 0 Å². The van der Waals surface area contributed by atoms with E-state index in [2.05, 4.69) is 31.9 Å². The van der Waals surface area contributed by atoms with Crippen LogP contribution in [-0.4, -0.2) is 5.51 Å². The summed E-state index contributed by atoms with van der Waals surface area (Å²) in [4.78, 5) is -0.458. The van der Waals surface area contributed by atoms with Gasteiger partial charge in [0.05, 0.1) is 4.90 Å². The van der Waals surface area contributed by atoms with Gasteiger partial charge >= 0.3 is 5.51 Å². The molecule has 0 radical (unpaired) electrons. The van der Waals surface area contributed by atoms with Crippen LogP contribution in [-0.2, 0) is 0 Å². The van der Waals surface area contributed by atoms with Crippen LogP contribution in [0.25, 0.3) is 0 Å². The van der Waals surface area contributed by atoms with Crippen LogP contribution in [0.15, 0.2) is 26.0 Å². The lowest BCUT2D eigenvalue weighted by atomic mass is 10.3. The Morgan fingerprint density at radius 2 is 1.71 bits per heavy atom. The molecule has 0 nitrogen and oxygen atoms in total. The van der Waals surface area contributed by atoms with Crippen molar-refractivity contribution in [2.75, 3.05) is 0 Å². The van der Waals surface area contributed by atoms with Gasteiger partial charge in [0.15, 0.2) is 0 Å². The Bertz CT molecular complexity index is 327. The lowest BCUT2D eigenvalue weighted by Crippen LogP contribution is -2.01. The molecule has 0 heterocycles. The minimum atomic E-state index is -4.49. The van der Waals surface area contributed by atoms with E-state index in [9.17, 15) is 17.6 Å². The highest BCUT2D eigenvalue weighted by Crippen LogP contribution is 2.42. The van der Waals surface area contributed by atoms with Gasteiger partial charge in [-0.2, -0.15) is 13.2 Å². The lowest BCUT2D eigenvalue weighted by Gasteiger charge is -2.08. The second-order valence-corrected chi connectivity index (χ2v) is 5.09. The molecule has 0 aliphatic carbocycles. The van der Waals surface area contributed by atoms with Crippen LogP contribution in [0.1, 0.15) is 0 Å². The summed E-state index contributed by atoms with van der Waals surface area (Å²) in [5.41, 5.74) is -4.49. The molecule has 0 spiro atoms. The molecule has 14 heavy (non-hydrogen) atoms. The maximum atomic E-state index is 13.1. The van der Waals surface area contributed by atoms with Crippen LogP contribution in [0.4, 0.5) is 17.6 Å². The molecule has 78 valence electrons. The van der Waals surface area contributed by atoms with Crippen molar-refractivity contribution in [1.82, 2.24) is 0 Å². The van der Waals surface area contributed by atoms with Gasteiger partial charge in [0.1, 0.15) is 5.82 Å². The van der Waals surface area contributed by atoms with E-state index in [1.165, 1.54) is 6.07 Å². The first-order valence-corrected chi connectivity index (χ1v) is 5.60. The molecule has 0 bridgehead atoms. The molecule has 0 aromatic heterocycles. The van der Waals surface area contributed by atoms with Crippen molar-refractivity contribution in [2.24, 2.45) is 0 Å². The summed E-state index contributed by atoms with van der Waals surface area (Å²) in [6, 6.07) is 2.34. The standard InChI is InChI=1S/C7H2Br2F4S/c8-3-1-4(9)6(5(10)2-3)14-7(11,12)13/h1-2H. The van der Waals surface area contributed by atoms with E-state index in [4.69, 9.17) is 0 Å². The Morgan fingerprint density at radius 1 is 1.14 bits per heavy atom. The maximum absolute atomic E-state index is 13.1. The smallest absolute Gasteiger partial charge is 0.206 e. The highest BCUT2D eigenvalue weighted by Gasteiger charge is 2.31. The van der Waals surface area contributed by atoms with Crippen molar-refractivity contribution in [3.05, 3.63) is 26.9 Å². The fourth-order valence-corrected chi connectivity index (χ4v) is 2.70. The van der Waals surface area contributed by atoms with Crippen LogP contribution in [0.5, 0.6) is 0 Å². The van der Waals surface area contributed by atoms with Crippen molar-refractivity contribution in [3.63, 3.8) is 0 Å². The van der Waals surface area contributed by atoms with Crippen molar-refractivity contribution in [1.29, 1.82) is 0 Å². The molecule has 7 heteroatoms. The summed E-state index contributed by atoms with van der Waals surface area (Å²) in [7, 11) is 0. The van der Waals surface area contributed by atoms with Crippen molar-refractivity contribution >= 4 is 43.6 Å². The van der Waals surface area contributed by atoms with Gasteiger partial charge < -0.3 is 0 Å². The van der Waals surface area contributed by atoms with Gasteiger partial charge in [-0.1, -0.05) is 15.9 Å². The summed E-state index contributed by atoms with van der Waals surface area (Å²) in [6.07, 6.45) is 0. The van der Waals surface area contributed by atoms with E-state index in [0.29, 0.717) is 4.47 Å². The van der Waals surface area contributed by atoms with Crippen LogP contribution in [0.2, 0.25) is 0 Å². The highest BCUT2D eigenvalue weighted by atomic mass is 79.9. The van der Waals surface area contributed by atoms with Crippen molar-refractivity contribution in [3.8, 4) is 0 Å². The molecule has 1 aromatic carbocycles. The molecule has 0 saturated heterocycles. The Hall–Kier alpha value is 0.250. The van der Waals surface area contributed by atoms with Gasteiger partial charge in [0, 0.05) is 8.95 Å². The number of hydrogen-bond donors (Lipinski definition) is 0. The SMILES string of the molecule is Fc1cc(Br)cc(Br)c1SC(F)(F)F. The van der Waals surface area contributed by atoms with Crippen LogP contribution >= 0.6 is 43.6 Å². The van der Waals surface area contributed by atoms with Crippen molar-refractivity contribution < 1.29 is 17.6 Å². The Morgan fingerprint density at radius 3 is 2.14 bits per heavy atom. The predicted molar refractivity (Wildman–Crippen MR) is 53.7 cm³/mol. The fourth-order valence-electron chi connectivity index (χ4n) is 0.742. The molecule has 0 atom stereocenters. The third kappa shape index (κ3) is 3.43. The molecule has 0 fully saturated rings. The molecule has 0 N–H and O–H groups in total. The molecule has 0 aliphatic rings. The summed E-state index contributed by atoms with van der Waals surface area (Å²) in [5.74, 6) is -0.909. The monoisotopic (exact) mass is 352 g/mol. The summed E-state index contributed by atoms with van der Waals surface area (Å²) < 4.78 is 49.4. The first kappa shape index (κ1) is 12.3. The number of rotatable bonds is 1. The molecular weight excluding hydrogens is 352 g/mol. The van der Waals surface area contributed by atoms with Crippen LogP contribution < -0.4 is 0 Å². The number of hydrogen-bond acceptors (Lipinski definition) is 1. The third-order valence-electron chi connectivity index (χ3n) is 1.18. The fraction of sp³-hybridized carbons (Fsp3) is 0.143. The Labute approximate surface area is 98.3 Å². The minimum absolute atomic E-state index is 0.0756. The van der Waals surface area contributed by atoms with Gasteiger partial charge in [-0.15, -0.1) is 0 Å². The van der Waals surface area contributed by atoms with E-state index < -0.39 is 28.0 Å². The van der Waals surface area contributed by atoms with E-state index in [-0.39, 0.29) is 4.47 Å². The quantitative estimate of drug-likeness (QED) is 0.507. The first-order valence-electron chi connectivity index (χ1n) is 3.20. The molecule has 0 aliphatic heterocycles. The highest BCUT2D eigenvalue weighted by molar-refractivity contribution is 9.11. The minimum Gasteiger partial charge on any atom is -0.206 e. The Kier molecular flexibility index (Phi) is 3.87. The van der Waals surface area contributed by atoms with E-state index in [1.807, 2.05) is 0 Å². The van der Waals surface area contributed by atoms with Gasteiger partial charge in [-0.25, -0.2) is 4.39 Å². The molecular formula is C7H2Br2F4S. The molecule has 1 aromatic rings. The largest absolute Gasteiger partial charge is 0.446 e. The van der Waals surface area contributed by atoms with E-state index >= 15 is 0 Å². The second-order valence-electron chi connectivity index (χ2n) is 2.25. The zero-order chi connectivity index (χ0) is 10.9. The van der Waals surface area contributed by atoms with Crippen molar-refractivity contribution in [2.45, 2.75) is 10.4 Å². The topological polar surface area (TPSA) is 0 Å². The molecule has 0 saturated carbocycles. The zero-order valence-corrected chi connectivity index (χ0v) is 10.3. The van der Waals surface area contributed by atoms with Crippen LogP contribution in [0, 0.1) is 5.82 Å². The van der Waals surface area contributed by atoms with Gasteiger partial charge in [0.2, 0.25) is 0 Å². The average Bonchev–Trinajstić information content (AvgIpc) is 1.95. The summed E-state index contributed by atoms with van der Waals surface area (Å²) in [6.45, 7) is 0. The van der Waals surface area contributed by atoms with Crippen LogP contribution in [0.3, 0.4) is 0 Å². The number of alkyl halides is 3. The summed E-state index contributed by atoms with van der Waals surface area (Å²) >= 11 is 5.35. The summed E-state index contributed by atoms with van der Waals surface area (Å²) in [5, 5.41) is 0. The van der Waals surface area contributed by atoms with Gasteiger partial charge in [-0.05, 0) is 39.8 Å². The first-order chi connectivity index (χ1) is 6.29. The number of thioether (sulfide) groups is 1. The lowest BCUT2D eigenvalue weighted by molar-refractivity contribution is -0.0329. The molecule has 0 amide bonds. The van der Waals surface area contributed by atoms with Gasteiger partial charge in [-0.3, -0.25) is 0 Å². The zero-order valence-electron chi connectivity index (χ0n) is 6.33. The third-order valence-corrected chi connectivity index (χ3v) is 3.38.